The molecule has 1 N–H and O–H groups in total. The van der Waals surface area contributed by atoms with E-state index in [1.54, 1.807) is 6.92 Å². The van der Waals surface area contributed by atoms with Gasteiger partial charge in [0.1, 0.15) is 0 Å². The van der Waals surface area contributed by atoms with Crippen LogP contribution in [0.5, 0.6) is 0 Å². The van der Waals surface area contributed by atoms with Crippen LogP contribution in [0.2, 0.25) is 0 Å². The molecule has 0 aliphatic carbocycles. The van der Waals surface area contributed by atoms with Gasteiger partial charge in [0, 0.05) is 6.61 Å². The van der Waals surface area contributed by atoms with Crippen molar-refractivity contribution in [3.05, 3.63) is 0 Å². The highest BCUT2D eigenvalue weighted by Gasteiger charge is 2.04. The van der Waals surface area contributed by atoms with Crippen molar-refractivity contribution in [2.75, 3.05) is 6.61 Å². The van der Waals surface area contributed by atoms with E-state index in [2.05, 4.69) is 6.92 Å². The lowest BCUT2D eigenvalue weighted by atomic mass is 10.1. The molecule has 0 fully saturated rings. The molecule has 0 radical (unpaired) electrons. The maximum absolute atomic E-state index is 8.96. The minimum absolute atomic E-state index is 0.306. The predicted octanol–water partition coefficient (Wildman–Crippen LogP) is 3.84. The van der Waals surface area contributed by atoms with Gasteiger partial charge in [0.25, 0.3) is 0 Å². The van der Waals surface area contributed by atoms with Crippen molar-refractivity contribution in [2.24, 2.45) is 0 Å². The fraction of sp³-hybridized carbons (Fsp3) is 1.00. The van der Waals surface area contributed by atoms with Gasteiger partial charge in [-0.25, -0.2) is 0 Å². The van der Waals surface area contributed by atoms with Gasteiger partial charge in [-0.1, -0.05) is 51.9 Å². The van der Waals surface area contributed by atoms with Crippen LogP contribution in [0, 0.1) is 0 Å². The smallest absolute Gasteiger partial charge is 0.157 e. The SMILES string of the molecule is CCCCCCCCCCOC(C)OC(C)O. The van der Waals surface area contributed by atoms with Gasteiger partial charge in [0.2, 0.25) is 0 Å². The number of hydrogen-bond donors (Lipinski definition) is 1. The molecule has 0 saturated heterocycles. The average Bonchev–Trinajstić information content (AvgIpc) is 2.26. The first-order valence-electron chi connectivity index (χ1n) is 7.12. The number of rotatable bonds is 12. The second-order valence-electron chi connectivity index (χ2n) is 4.65. The lowest BCUT2D eigenvalue weighted by Crippen LogP contribution is -2.19. The Balaban J connectivity index is 3.07. The standard InChI is InChI=1S/C14H30O3/c1-4-5-6-7-8-9-10-11-12-16-14(3)17-13(2)15/h13-15H,4-12H2,1-3H3. The first-order valence-corrected chi connectivity index (χ1v) is 7.12. The summed E-state index contributed by atoms with van der Waals surface area (Å²) in [6, 6.07) is 0. The van der Waals surface area contributed by atoms with Crippen molar-refractivity contribution < 1.29 is 14.6 Å². The third kappa shape index (κ3) is 13.8. The monoisotopic (exact) mass is 246 g/mol. The first kappa shape index (κ1) is 16.9. The normalized spacial score (nSPS) is 14.8. The summed E-state index contributed by atoms with van der Waals surface area (Å²) in [6.07, 6.45) is 9.35. The molecule has 104 valence electrons. The van der Waals surface area contributed by atoms with Crippen LogP contribution >= 0.6 is 0 Å². The van der Waals surface area contributed by atoms with E-state index in [1.807, 2.05) is 6.92 Å². The third-order valence-corrected chi connectivity index (χ3v) is 2.74. The summed E-state index contributed by atoms with van der Waals surface area (Å²) >= 11 is 0. The van der Waals surface area contributed by atoms with Gasteiger partial charge in [0.15, 0.2) is 12.6 Å². The molecular weight excluding hydrogens is 216 g/mol. The molecule has 0 heterocycles. The van der Waals surface area contributed by atoms with Gasteiger partial charge < -0.3 is 14.6 Å². The molecule has 2 unspecified atom stereocenters. The van der Waals surface area contributed by atoms with Crippen molar-refractivity contribution in [3.63, 3.8) is 0 Å². The zero-order valence-corrected chi connectivity index (χ0v) is 11.8. The molecule has 17 heavy (non-hydrogen) atoms. The molecule has 0 spiro atoms. The topological polar surface area (TPSA) is 38.7 Å². The third-order valence-electron chi connectivity index (χ3n) is 2.74. The van der Waals surface area contributed by atoms with Gasteiger partial charge in [-0.05, 0) is 20.3 Å². The Morgan fingerprint density at radius 1 is 0.882 bits per heavy atom. The molecular formula is C14H30O3. The van der Waals surface area contributed by atoms with Crippen LogP contribution in [0.25, 0.3) is 0 Å². The minimum Gasteiger partial charge on any atom is -0.368 e. The van der Waals surface area contributed by atoms with E-state index in [4.69, 9.17) is 14.6 Å². The van der Waals surface area contributed by atoms with Crippen molar-refractivity contribution in [1.29, 1.82) is 0 Å². The minimum atomic E-state index is -0.747. The van der Waals surface area contributed by atoms with Gasteiger partial charge in [-0.15, -0.1) is 0 Å². The Bertz CT molecular complexity index is 148. The van der Waals surface area contributed by atoms with Crippen molar-refractivity contribution >= 4 is 0 Å². The number of unbranched alkanes of at least 4 members (excludes halogenated alkanes) is 7. The quantitative estimate of drug-likeness (QED) is 0.420. The number of hydrogen-bond acceptors (Lipinski definition) is 3. The zero-order chi connectivity index (χ0) is 12.9. The molecule has 0 aromatic heterocycles. The van der Waals surface area contributed by atoms with Gasteiger partial charge in [0.05, 0.1) is 0 Å². The molecule has 0 saturated carbocycles. The summed E-state index contributed by atoms with van der Waals surface area (Å²) in [7, 11) is 0. The molecule has 0 aromatic rings. The van der Waals surface area contributed by atoms with Crippen LogP contribution in [0.4, 0.5) is 0 Å². The summed E-state index contributed by atoms with van der Waals surface area (Å²) < 4.78 is 10.5. The fourth-order valence-corrected chi connectivity index (χ4v) is 1.80. The molecule has 0 aliphatic rings. The van der Waals surface area contributed by atoms with Crippen LogP contribution in [-0.2, 0) is 9.47 Å². The molecule has 3 nitrogen and oxygen atoms in total. The summed E-state index contributed by atoms with van der Waals surface area (Å²) in [5.74, 6) is 0. The highest BCUT2D eigenvalue weighted by atomic mass is 16.7. The van der Waals surface area contributed by atoms with Gasteiger partial charge in [-0.3, -0.25) is 0 Å². The average molecular weight is 246 g/mol. The highest BCUT2D eigenvalue weighted by Crippen LogP contribution is 2.08. The van der Waals surface area contributed by atoms with Crippen LogP contribution < -0.4 is 0 Å². The van der Waals surface area contributed by atoms with E-state index in [9.17, 15) is 0 Å². The highest BCUT2D eigenvalue weighted by molar-refractivity contribution is 4.46. The van der Waals surface area contributed by atoms with E-state index < -0.39 is 6.29 Å². The van der Waals surface area contributed by atoms with Crippen LogP contribution in [0.1, 0.15) is 72.1 Å². The number of aliphatic hydroxyl groups is 1. The molecule has 0 amide bonds. The summed E-state index contributed by atoms with van der Waals surface area (Å²) in [5.41, 5.74) is 0. The second kappa shape index (κ2) is 12.3. The van der Waals surface area contributed by atoms with E-state index in [0.29, 0.717) is 0 Å². The Morgan fingerprint density at radius 2 is 1.41 bits per heavy atom. The van der Waals surface area contributed by atoms with E-state index in [-0.39, 0.29) is 6.29 Å². The Morgan fingerprint density at radius 3 is 1.94 bits per heavy atom. The maximum atomic E-state index is 8.96. The van der Waals surface area contributed by atoms with Gasteiger partial charge in [-0.2, -0.15) is 0 Å². The molecule has 0 aliphatic heterocycles. The van der Waals surface area contributed by atoms with Crippen LogP contribution in [-0.4, -0.2) is 24.3 Å². The fourth-order valence-electron chi connectivity index (χ4n) is 1.80. The van der Waals surface area contributed by atoms with Gasteiger partial charge >= 0.3 is 0 Å². The van der Waals surface area contributed by atoms with E-state index in [0.717, 1.165) is 13.0 Å². The summed E-state index contributed by atoms with van der Waals surface area (Å²) in [5, 5.41) is 8.96. The summed E-state index contributed by atoms with van der Waals surface area (Å²) in [4.78, 5) is 0. The second-order valence-corrected chi connectivity index (χ2v) is 4.65. The molecule has 3 heteroatoms. The maximum Gasteiger partial charge on any atom is 0.157 e. The van der Waals surface area contributed by atoms with Crippen molar-refractivity contribution in [1.82, 2.24) is 0 Å². The molecule has 0 aromatic carbocycles. The Labute approximate surface area is 107 Å². The first-order chi connectivity index (χ1) is 8.16. The van der Waals surface area contributed by atoms with E-state index >= 15 is 0 Å². The lowest BCUT2D eigenvalue weighted by molar-refractivity contribution is -0.213. The summed E-state index contributed by atoms with van der Waals surface area (Å²) in [6.45, 7) is 6.38. The van der Waals surface area contributed by atoms with Crippen molar-refractivity contribution in [3.8, 4) is 0 Å². The molecule has 0 bridgehead atoms. The predicted molar refractivity (Wildman–Crippen MR) is 70.8 cm³/mol. The Hall–Kier alpha value is -0.120. The van der Waals surface area contributed by atoms with Crippen LogP contribution in [0.15, 0.2) is 0 Å². The Kier molecular flexibility index (Phi) is 12.3. The lowest BCUT2D eigenvalue weighted by Gasteiger charge is -2.15. The number of aliphatic hydroxyl groups excluding tert-OH is 1. The number of ether oxygens (including phenoxy) is 2. The van der Waals surface area contributed by atoms with Crippen molar-refractivity contribution in [2.45, 2.75) is 84.7 Å². The zero-order valence-electron chi connectivity index (χ0n) is 11.8. The van der Waals surface area contributed by atoms with Crippen LogP contribution in [0.3, 0.4) is 0 Å². The molecule has 0 rings (SSSR count). The van der Waals surface area contributed by atoms with E-state index in [1.165, 1.54) is 44.9 Å². The molecule has 2 atom stereocenters. The largest absolute Gasteiger partial charge is 0.368 e.